The third-order valence-electron chi connectivity index (χ3n) is 3.33. The van der Waals surface area contributed by atoms with Gasteiger partial charge >= 0.3 is 0 Å². The minimum absolute atomic E-state index is 0.187. The molecule has 0 aliphatic rings. The maximum Gasteiger partial charge on any atom is 0.264 e. The summed E-state index contributed by atoms with van der Waals surface area (Å²) < 4.78 is 16.1. The zero-order valence-electron chi connectivity index (χ0n) is 14.0. The number of nitrogens with zero attached hydrogens (tertiary/aromatic N) is 1. The van der Waals surface area contributed by atoms with Gasteiger partial charge in [0.15, 0.2) is 5.78 Å². The fraction of sp³-hybridized carbons (Fsp3) is 0.222. The smallest absolute Gasteiger partial charge is 0.264 e. The lowest BCUT2D eigenvalue weighted by molar-refractivity contribution is 0.103. The summed E-state index contributed by atoms with van der Waals surface area (Å²) in [6, 6.07) is 12.0. The van der Waals surface area contributed by atoms with Crippen LogP contribution in [0, 0.1) is 0 Å². The van der Waals surface area contributed by atoms with Crippen molar-refractivity contribution in [3.8, 4) is 17.2 Å². The van der Waals surface area contributed by atoms with Crippen molar-refractivity contribution < 1.29 is 19.0 Å². The van der Waals surface area contributed by atoms with Crippen LogP contribution in [0.3, 0.4) is 0 Å². The Kier molecular flexibility index (Phi) is 5.76. The zero-order chi connectivity index (χ0) is 17.7. The second-order valence-electron chi connectivity index (χ2n) is 5.19. The van der Waals surface area contributed by atoms with Crippen LogP contribution in [-0.4, -0.2) is 44.2 Å². The summed E-state index contributed by atoms with van der Waals surface area (Å²) in [5.41, 5.74) is 0.897. The molecule has 0 aliphatic carbocycles. The van der Waals surface area contributed by atoms with Crippen molar-refractivity contribution in [1.29, 1.82) is 0 Å². The van der Waals surface area contributed by atoms with E-state index in [1.165, 1.54) is 0 Å². The van der Waals surface area contributed by atoms with Gasteiger partial charge in [0, 0.05) is 25.7 Å². The van der Waals surface area contributed by atoms with Gasteiger partial charge < -0.3 is 19.1 Å². The van der Waals surface area contributed by atoms with Crippen LogP contribution in [0.2, 0.25) is 0 Å². The number of benzene rings is 2. The van der Waals surface area contributed by atoms with Gasteiger partial charge in [0.05, 0.1) is 19.8 Å². The molecule has 0 fully saturated rings. The average molecular weight is 345 g/mol. The monoisotopic (exact) mass is 345 g/mol. The Labute approximate surface area is 146 Å². The SMILES string of the molecule is COc1cccc(C(=O)c2ccc(OC)cc2OC(=S)N(C)C)c1. The predicted octanol–water partition coefficient (Wildman–Crippen LogP) is 3.16. The number of methoxy groups -OCH3 is 2. The van der Waals surface area contributed by atoms with Crippen LogP contribution in [0.15, 0.2) is 42.5 Å². The van der Waals surface area contributed by atoms with E-state index in [-0.39, 0.29) is 11.0 Å². The summed E-state index contributed by atoms with van der Waals surface area (Å²) in [6.45, 7) is 0. The molecule has 2 aromatic rings. The molecule has 5 nitrogen and oxygen atoms in total. The quantitative estimate of drug-likeness (QED) is 0.613. The van der Waals surface area contributed by atoms with Crippen molar-refractivity contribution >= 4 is 23.2 Å². The molecule has 0 heterocycles. The molecule has 0 saturated heterocycles. The maximum atomic E-state index is 12.9. The minimum atomic E-state index is -0.187. The highest BCUT2D eigenvalue weighted by Crippen LogP contribution is 2.28. The van der Waals surface area contributed by atoms with Crippen LogP contribution in [0.5, 0.6) is 17.2 Å². The first-order valence-electron chi connectivity index (χ1n) is 7.22. The Balaban J connectivity index is 2.43. The van der Waals surface area contributed by atoms with Crippen LogP contribution in [-0.2, 0) is 0 Å². The van der Waals surface area contributed by atoms with Gasteiger partial charge in [-0.25, -0.2) is 0 Å². The van der Waals surface area contributed by atoms with E-state index >= 15 is 0 Å². The second-order valence-corrected chi connectivity index (χ2v) is 5.53. The normalized spacial score (nSPS) is 10.0. The Bertz CT molecular complexity index is 758. The van der Waals surface area contributed by atoms with Crippen LogP contribution in [0.1, 0.15) is 15.9 Å². The Morgan fingerprint density at radius 3 is 2.29 bits per heavy atom. The highest BCUT2D eigenvalue weighted by molar-refractivity contribution is 7.80. The number of hydrogen-bond donors (Lipinski definition) is 0. The molecule has 2 rings (SSSR count). The number of hydrogen-bond acceptors (Lipinski definition) is 5. The van der Waals surface area contributed by atoms with E-state index in [1.54, 1.807) is 75.7 Å². The van der Waals surface area contributed by atoms with E-state index in [1.807, 2.05) is 0 Å². The van der Waals surface area contributed by atoms with E-state index in [4.69, 9.17) is 26.4 Å². The van der Waals surface area contributed by atoms with Gasteiger partial charge in [0.2, 0.25) is 0 Å². The van der Waals surface area contributed by atoms with Crippen LogP contribution in [0.25, 0.3) is 0 Å². The fourth-order valence-electron chi connectivity index (χ4n) is 2.01. The average Bonchev–Trinajstić information content (AvgIpc) is 2.60. The lowest BCUT2D eigenvalue weighted by Crippen LogP contribution is -2.25. The van der Waals surface area contributed by atoms with Crippen molar-refractivity contribution in [2.45, 2.75) is 0 Å². The molecule has 2 aromatic carbocycles. The fourth-order valence-corrected chi connectivity index (χ4v) is 2.10. The van der Waals surface area contributed by atoms with Crippen molar-refractivity contribution in [3.05, 3.63) is 53.6 Å². The van der Waals surface area contributed by atoms with E-state index in [0.717, 1.165) is 0 Å². The Hall–Kier alpha value is -2.60. The van der Waals surface area contributed by atoms with Crippen molar-refractivity contribution in [3.63, 3.8) is 0 Å². The molecule has 0 atom stereocenters. The van der Waals surface area contributed by atoms with Gasteiger partial charge in [-0.15, -0.1) is 0 Å². The molecule has 0 radical (unpaired) electrons. The Morgan fingerprint density at radius 2 is 1.67 bits per heavy atom. The van der Waals surface area contributed by atoms with E-state index < -0.39 is 0 Å². The molecule has 0 amide bonds. The first-order valence-corrected chi connectivity index (χ1v) is 7.63. The van der Waals surface area contributed by atoms with Crippen LogP contribution >= 0.6 is 12.2 Å². The number of rotatable bonds is 5. The molecule has 0 bridgehead atoms. The highest BCUT2D eigenvalue weighted by Gasteiger charge is 2.18. The molecule has 0 N–H and O–H groups in total. The number of ketones is 1. The Morgan fingerprint density at radius 1 is 1.00 bits per heavy atom. The number of thiocarbonyl (C=S) groups is 1. The van der Waals surface area contributed by atoms with Gasteiger partial charge in [-0.1, -0.05) is 12.1 Å². The molecule has 0 aliphatic heterocycles. The molecule has 126 valence electrons. The molecular weight excluding hydrogens is 326 g/mol. The second kappa shape index (κ2) is 7.79. The van der Waals surface area contributed by atoms with Crippen LogP contribution < -0.4 is 14.2 Å². The first kappa shape index (κ1) is 17.7. The van der Waals surface area contributed by atoms with Crippen molar-refractivity contribution in [1.82, 2.24) is 4.90 Å². The number of carbonyl (C=O) groups is 1. The van der Waals surface area contributed by atoms with Crippen molar-refractivity contribution in [2.75, 3.05) is 28.3 Å². The van der Waals surface area contributed by atoms with Gasteiger partial charge in [-0.2, -0.15) is 0 Å². The summed E-state index contributed by atoms with van der Waals surface area (Å²) in [5, 5.41) is 0.253. The standard InChI is InChI=1S/C18H19NO4S/c1-19(2)18(24)23-16-11-14(22-4)8-9-15(16)17(20)12-6-5-7-13(10-12)21-3/h5-11H,1-4H3. The molecule has 0 aromatic heterocycles. The molecule has 0 saturated carbocycles. The van der Waals surface area contributed by atoms with Gasteiger partial charge in [-0.05, 0) is 36.5 Å². The van der Waals surface area contributed by atoms with E-state index in [0.29, 0.717) is 28.4 Å². The van der Waals surface area contributed by atoms with Crippen LogP contribution in [0.4, 0.5) is 0 Å². The predicted molar refractivity (Wildman–Crippen MR) is 96.3 cm³/mol. The molecule has 0 unspecified atom stereocenters. The largest absolute Gasteiger partial charge is 0.497 e. The lowest BCUT2D eigenvalue weighted by Gasteiger charge is -2.17. The third-order valence-corrected chi connectivity index (χ3v) is 3.78. The molecule has 24 heavy (non-hydrogen) atoms. The summed E-state index contributed by atoms with van der Waals surface area (Å²) in [4.78, 5) is 14.5. The van der Waals surface area contributed by atoms with Crippen molar-refractivity contribution in [2.24, 2.45) is 0 Å². The van der Waals surface area contributed by atoms with E-state index in [9.17, 15) is 4.79 Å². The zero-order valence-corrected chi connectivity index (χ0v) is 14.8. The summed E-state index contributed by atoms with van der Waals surface area (Å²) in [6.07, 6.45) is 0. The lowest BCUT2D eigenvalue weighted by atomic mass is 10.0. The summed E-state index contributed by atoms with van der Waals surface area (Å²) in [5.74, 6) is 1.35. The number of carbonyl (C=O) groups excluding carboxylic acids is 1. The maximum absolute atomic E-state index is 12.9. The first-order chi connectivity index (χ1) is 11.5. The van der Waals surface area contributed by atoms with Gasteiger partial charge in [0.1, 0.15) is 17.2 Å². The van der Waals surface area contributed by atoms with Gasteiger partial charge in [0.25, 0.3) is 5.17 Å². The third kappa shape index (κ3) is 4.02. The summed E-state index contributed by atoms with van der Waals surface area (Å²) in [7, 11) is 6.64. The molecule has 6 heteroatoms. The topological polar surface area (TPSA) is 48.0 Å². The molecular formula is C18H19NO4S. The van der Waals surface area contributed by atoms with E-state index in [2.05, 4.69) is 0 Å². The minimum Gasteiger partial charge on any atom is -0.497 e. The number of ether oxygens (including phenoxy) is 3. The summed E-state index contributed by atoms with van der Waals surface area (Å²) >= 11 is 5.17. The molecule has 0 spiro atoms. The highest BCUT2D eigenvalue weighted by atomic mass is 32.1. The van der Waals surface area contributed by atoms with Gasteiger partial charge in [-0.3, -0.25) is 4.79 Å².